The summed E-state index contributed by atoms with van der Waals surface area (Å²) < 4.78 is 0. The third-order valence-electron chi connectivity index (χ3n) is 2.69. The maximum absolute atomic E-state index is 5.84. The Morgan fingerprint density at radius 1 is 1.47 bits per heavy atom. The van der Waals surface area contributed by atoms with Gasteiger partial charge in [-0.15, -0.1) is 11.3 Å². The molecule has 1 atom stereocenters. The molecule has 0 radical (unpaired) electrons. The van der Waals surface area contributed by atoms with E-state index in [0.29, 0.717) is 12.6 Å². The molecule has 0 saturated heterocycles. The zero-order valence-electron chi connectivity index (χ0n) is 9.94. The van der Waals surface area contributed by atoms with Crippen molar-refractivity contribution in [2.75, 3.05) is 20.1 Å². The average Bonchev–Trinajstić information content (AvgIpc) is 2.69. The summed E-state index contributed by atoms with van der Waals surface area (Å²) in [6, 6.07) is 4.66. The summed E-state index contributed by atoms with van der Waals surface area (Å²) in [4.78, 5) is 3.75. The Hall–Kier alpha value is -0.380. The fraction of sp³-hybridized carbons (Fsp3) is 0.667. The highest BCUT2D eigenvalue weighted by atomic mass is 32.1. The van der Waals surface area contributed by atoms with E-state index in [-0.39, 0.29) is 0 Å². The Bertz CT molecular complexity index is 257. The predicted molar refractivity (Wildman–Crippen MR) is 68.2 cm³/mol. The highest BCUT2D eigenvalue weighted by Crippen LogP contribution is 2.23. The van der Waals surface area contributed by atoms with Gasteiger partial charge < -0.3 is 5.73 Å². The summed E-state index contributed by atoms with van der Waals surface area (Å²) in [6.07, 6.45) is 1.23. The smallest absolute Gasteiger partial charge is 0.0561 e. The SMILES string of the molecule is CC(C)CCN(C)C(CN)c1cccs1. The van der Waals surface area contributed by atoms with Gasteiger partial charge in [-0.2, -0.15) is 0 Å². The number of hydrogen-bond acceptors (Lipinski definition) is 3. The van der Waals surface area contributed by atoms with Gasteiger partial charge in [0.25, 0.3) is 0 Å². The highest BCUT2D eigenvalue weighted by Gasteiger charge is 2.15. The van der Waals surface area contributed by atoms with Crippen molar-refractivity contribution < 1.29 is 0 Å². The number of hydrogen-bond donors (Lipinski definition) is 1. The quantitative estimate of drug-likeness (QED) is 0.808. The zero-order chi connectivity index (χ0) is 11.3. The highest BCUT2D eigenvalue weighted by molar-refractivity contribution is 7.10. The van der Waals surface area contributed by atoms with E-state index in [1.807, 2.05) is 0 Å². The van der Waals surface area contributed by atoms with E-state index in [9.17, 15) is 0 Å². The maximum atomic E-state index is 5.84. The molecular weight excluding hydrogens is 204 g/mol. The molecule has 0 amide bonds. The van der Waals surface area contributed by atoms with Gasteiger partial charge in [0, 0.05) is 11.4 Å². The number of rotatable bonds is 6. The Balaban J connectivity index is 2.51. The van der Waals surface area contributed by atoms with Crippen LogP contribution >= 0.6 is 11.3 Å². The van der Waals surface area contributed by atoms with Gasteiger partial charge in [-0.05, 0) is 37.4 Å². The van der Waals surface area contributed by atoms with Crippen molar-refractivity contribution >= 4 is 11.3 Å². The number of likely N-dealkylation sites (N-methyl/N-ethyl adjacent to an activating group) is 1. The van der Waals surface area contributed by atoms with E-state index in [1.165, 1.54) is 11.3 Å². The molecule has 0 fully saturated rings. The number of nitrogens with two attached hydrogens (primary N) is 1. The molecule has 1 rings (SSSR count). The van der Waals surface area contributed by atoms with Gasteiger partial charge in [0.15, 0.2) is 0 Å². The molecule has 0 aliphatic rings. The van der Waals surface area contributed by atoms with Crippen molar-refractivity contribution in [2.45, 2.75) is 26.3 Å². The second-order valence-corrected chi connectivity index (χ2v) is 5.41. The minimum absolute atomic E-state index is 0.392. The largest absolute Gasteiger partial charge is 0.329 e. The molecular formula is C12H22N2S. The fourth-order valence-electron chi connectivity index (χ4n) is 1.61. The number of thiophene rings is 1. The first kappa shape index (κ1) is 12.7. The Kier molecular flexibility index (Phi) is 5.29. The molecule has 1 aromatic heterocycles. The molecule has 1 heterocycles. The van der Waals surface area contributed by atoms with Gasteiger partial charge in [-0.25, -0.2) is 0 Å². The standard InChI is InChI=1S/C12H22N2S/c1-10(2)6-7-14(3)11(9-13)12-5-4-8-15-12/h4-5,8,10-11H,6-7,9,13H2,1-3H3. The third kappa shape index (κ3) is 3.93. The Labute approximate surface area is 97.1 Å². The molecule has 0 spiro atoms. The maximum Gasteiger partial charge on any atom is 0.0561 e. The lowest BCUT2D eigenvalue weighted by atomic mass is 10.1. The topological polar surface area (TPSA) is 29.3 Å². The molecule has 2 nitrogen and oxygen atoms in total. The van der Waals surface area contributed by atoms with Crippen LogP contribution in [0, 0.1) is 5.92 Å². The summed E-state index contributed by atoms with van der Waals surface area (Å²) in [6.45, 7) is 6.35. The Morgan fingerprint density at radius 2 is 2.20 bits per heavy atom. The third-order valence-corrected chi connectivity index (χ3v) is 3.66. The molecule has 0 saturated carbocycles. The van der Waals surface area contributed by atoms with Gasteiger partial charge in [0.2, 0.25) is 0 Å². The van der Waals surface area contributed by atoms with E-state index in [4.69, 9.17) is 5.73 Å². The Morgan fingerprint density at radius 3 is 2.67 bits per heavy atom. The molecule has 0 aliphatic heterocycles. The van der Waals surface area contributed by atoms with E-state index in [2.05, 4.69) is 43.3 Å². The van der Waals surface area contributed by atoms with Crippen LogP contribution in [-0.2, 0) is 0 Å². The minimum atomic E-state index is 0.392. The predicted octanol–water partition coefficient (Wildman–Crippen LogP) is 2.73. The van der Waals surface area contributed by atoms with Gasteiger partial charge in [0.1, 0.15) is 0 Å². The zero-order valence-corrected chi connectivity index (χ0v) is 10.8. The van der Waals surface area contributed by atoms with Gasteiger partial charge in [-0.1, -0.05) is 19.9 Å². The first-order valence-electron chi connectivity index (χ1n) is 5.58. The minimum Gasteiger partial charge on any atom is -0.329 e. The lowest BCUT2D eigenvalue weighted by Crippen LogP contribution is -2.31. The van der Waals surface area contributed by atoms with Crippen LogP contribution in [0.2, 0.25) is 0 Å². The van der Waals surface area contributed by atoms with Crippen LogP contribution in [0.5, 0.6) is 0 Å². The summed E-state index contributed by atoms with van der Waals surface area (Å²) in [7, 11) is 2.17. The van der Waals surface area contributed by atoms with Crippen LogP contribution in [0.3, 0.4) is 0 Å². The molecule has 1 unspecified atom stereocenters. The van der Waals surface area contributed by atoms with E-state index < -0.39 is 0 Å². The monoisotopic (exact) mass is 226 g/mol. The van der Waals surface area contributed by atoms with E-state index in [0.717, 1.165) is 12.5 Å². The molecule has 0 aliphatic carbocycles. The molecule has 15 heavy (non-hydrogen) atoms. The van der Waals surface area contributed by atoms with Crippen LogP contribution in [0.15, 0.2) is 17.5 Å². The lowest BCUT2D eigenvalue weighted by Gasteiger charge is -2.26. The average molecular weight is 226 g/mol. The molecule has 2 N–H and O–H groups in total. The lowest BCUT2D eigenvalue weighted by molar-refractivity contribution is 0.239. The van der Waals surface area contributed by atoms with Crippen LogP contribution < -0.4 is 5.73 Å². The molecule has 1 aromatic rings. The first-order chi connectivity index (χ1) is 7.15. The van der Waals surface area contributed by atoms with Crippen LogP contribution in [-0.4, -0.2) is 25.0 Å². The van der Waals surface area contributed by atoms with Crippen molar-refractivity contribution in [2.24, 2.45) is 11.7 Å². The fourth-order valence-corrected chi connectivity index (χ4v) is 2.52. The van der Waals surface area contributed by atoms with Gasteiger partial charge in [0.05, 0.1) is 6.04 Å². The van der Waals surface area contributed by atoms with Gasteiger partial charge in [-0.3, -0.25) is 4.90 Å². The van der Waals surface area contributed by atoms with Crippen molar-refractivity contribution in [3.8, 4) is 0 Å². The molecule has 0 bridgehead atoms. The first-order valence-corrected chi connectivity index (χ1v) is 6.46. The summed E-state index contributed by atoms with van der Waals surface area (Å²) in [5, 5.41) is 2.12. The second-order valence-electron chi connectivity index (χ2n) is 4.43. The number of nitrogens with zero attached hydrogens (tertiary/aromatic N) is 1. The van der Waals surface area contributed by atoms with Crippen molar-refractivity contribution in [3.63, 3.8) is 0 Å². The normalized spacial score (nSPS) is 13.7. The van der Waals surface area contributed by atoms with E-state index >= 15 is 0 Å². The van der Waals surface area contributed by atoms with Crippen molar-refractivity contribution in [1.29, 1.82) is 0 Å². The second kappa shape index (κ2) is 6.26. The van der Waals surface area contributed by atoms with Gasteiger partial charge >= 0.3 is 0 Å². The summed E-state index contributed by atoms with van der Waals surface area (Å²) >= 11 is 1.80. The molecule has 3 heteroatoms. The van der Waals surface area contributed by atoms with E-state index in [1.54, 1.807) is 11.3 Å². The van der Waals surface area contributed by atoms with Crippen molar-refractivity contribution in [3.05, 3.63) is 22.4 Å². The summed E-state index contributed by atoms with van der Waals surface area (Å²) in [5.41, 5.74) is 5.84. The van der Waals surface area contributed by atoms with Crippen molar-refractivity contribution in [1.82, 2.24) is 4.90 Å². The molecule has 0 aromatic carbocycles. The summed E-state index contributed by atoms with van der Waals surface area (Å²) in [5.74, 6) is 0.759. The van der Waals surface area contributed by atoms with Crippen LogP contribution in [0.25, 0.3) is 0 Å². The van der Waals surface area contributed by atoms with Crippen LogP contribution in [0.4, 0.5) is 0 Å². The molecule has 86 valence electrons. The van der Waals surface area contributed by atoms with Crippen LogP contribution in [0.1, 0.15) is 31.2 Å².